The molecule has 0 bridgehead atoms. The number of amides is 2. The van der Waals surface area contributed by atoms with Crippen molar-refractivity contribution in [2.24, 2.45) is 28.9 Å². The maximum atomic E-state index is 12.6. The normalized spacial score (nSPS) is 40.4. The van der Waals surface area contributed by atoms with Gasteiger partial charge in [0.2, 0.25) is 11.8 Å². The quantitative estimate of drug-likeness (QED) is 0.0984. The van der Waals surface area contributed by atoms with E-state index in [2.05, 4.69) is 16.0 Å². The summed E-state index contributed by atoms with van der Waals surface area (Å²) in [6, 6.07) is -3.12. The molecule has 17 nitrogen and oxygen atoms in total. The highest BCUT2D eigenvalue weighted by Crippen LogP contribution is 2.36. The summed E-state index contributed by atoms with van der Waals surface area (Å²) in [5.41, 5.74) is 22.0. The van der Waals surface area contributed by atoms with Gasteiger partial charge in [0.25, 0.3) is 0 Å². The first-order valence-corrected chi connectivity index (χ1v) is 14.0. The van der Waals surface area contributed by atoms with Crippen molar-refractivity contribution in [2.45, 2.75) is 92.4 Å². The summed E-state index contributed by atoms with van der Waals surface area (Å²) < 4.78 is 17.9. The van der Waals surface area contributed by atoms with Crippen LogP contribution in [0.4, 0.5) is 0 Å². The van der Waals surface area contributed by atoms with Gasteiger partial charge < -0.3 is 78.6 Å². The lowest BCUT2D eigenvalue weighted by atomic mass is 9.72. The van der Waals surface area contributed by atoms with Crippen LogP contribution in [0.2, 0.25) is 0 Å². The molecular weight excluding hydrogens is 558 g/mol. The number of rotatable bonds is 12. The van der Waals surface area contributed by atoms with Crippen LogP contribution in [0.3, 0.4) is 0 Å². The van der Waals surface area contributed by atoms with Crippen molar-refractivity contribution in [3.8, 4) is 0 Å². The highest BCUT2D eigenvalue weighted by molar-refractivity contribution is 5.81. The first-order valence-electron chi connectivity index (χ1n) is 14.0. The third-order valence-electron chi connectivity index (χ3n) is 8.11. The minimum atomic E-state index is -1.51. The summed E-state index contributed by atoms with van der Waals surface area (Å²) in [5, 5.41) is 61.2. The molecule has 2 aliphatic heterocycles. The predicted molar refractivity (Wildman–Crippen MR) is 147 cm³/mol. The Hall–Kier alpha value is -2.00. The van der Waals surface area contributed by atoms with Gasteiger partial charge in [-0.15, -0.1) is 0 Å². The van der Waals surface area contributed by atoms with E-state index < -0.39 is 90.4 Å². The monoisotopic (exact) mass is 605 g/mol. The van der Waals surface area contributed by atoms with Crippen LogP contribution in [0, 0.1) is 5.92 Å². The number of hydrogen-bond donors (Lipinski definition) is 12. The average molecular weight is 606 g/mol. The maximum Gasteiger partial charge on any atom is 0.250 e. The Labute approximate surface area is 243 Å². The number of hydrogen-bond acceptors (Lipinski definition) is 15. The molecule has 17 heteroatoms. The fraction of sp³-hybridized carbons (Fsp3) is 0.840. The lowest BCUT2D eigenvalue weighted by Gasteiger charge is -2.50. The molecule has 0 aromatic rings. The van der Waals surface area contributed by atoms with Crippen LogP contribution in [0.1, 0.15) is 19.8 Å². The second kappa shape index (κ2) is 14.7. The second-order valence-corrected chi connectivity index (χ2v) is 11.4. The van der Waals surface area contributed by atoms with Gasteiger partial charge in [-0.1, -0.05) is 0 Å². The zero-order chi connectivity index (χ0) is 31.4. The number of carbonyl (C=O) groups excluding carboxylic acids is 2. The summed E-state index contributed by atoms with van der Waals surface area (Å²) in [6.07, 6.45) is -6.81. The van der Waals surface area contributed by atoms with Crippen LogP contribution < -0.4 is 38.9 Å². The minimum Gasteiger partial charge on any atom is -0.492 e. The van der Waals surface area contributed by atoms with Crippen LogP contribution in [-0.2, 0) is 23.8 Å². The average Bonchev–Trinajstić information content (AvgIpc) is 2.92. The molecule has 2 unspecified atom stereocenters. The van der Waals surface area contributed by atoms with Crippen molar-refractivity contribution >= 4 is 11.8 Å². The van der Waals surface area contributed by atoms with E-state index in [9.17, 15) is 35.1 Å². The van der Waals surface area contributed by atoms with Crippen LogP contribution in [0.25, 0.3) is 0 Å². The van der Waals surface area contributed by atoms with E-state index in [0.29, 0.717) is 12.2 Å². The summed E-state index contributed by atoms with van der Waals surface area (Å²) in [5.74, 6) is -2.04. The first kappa shape index (κ1) is 34.5. The fourth-order valence-electron chi connectivity index (χ4n) is 5.78. The van der Waals surface area contributed by atoms with Gasteiger partial charge in [0.05, 0.1) is 31.3 Å². The number of aliphatic hydroxyl groups excluding tert-OH is 4. The number of aliphatic hydroxyl groups is 5. The van der Waals surface area contributed by atoms with Gasteiger partial charge in [0.15, 0.2) is 6.29 Å². The van der Waals surface area contributed by atoms with Crippen molar-refractivity contribution in [1.29, 1.82) is 0 Å². The SMILES string of the molecule is CN[C@@H]1[C@@H](O)[C@@H](O[C@@H]2[C@@H](O)[C@H](C3OC(CNCC(O)C(N)=O)=CC[C@H]3N)[C@@H](N)C[C@H]2NC(=O)[C@@H](O)CN)OC[C@]1(C)O. The molecule has 2 heterocycles. The number of likely N-dealkylation sites (N-methyl/N-ethyl adjacent to an activating group) is 1. The number of nitrogens with two attached hydrogens (primary N) is 4. The molecule has 242 valence electrons. The van der Waals surface area contributed by atoms with E-state index in [1.807, 2.05) is 0 Å². The van der Waals surface area contributed by atoms with Crippen molar-refractivity contribution in [1.82, 2.24) is 16.0 Å². The molecular formula is C25H47N7O10. The van der Waals surface area contributed by atoms with E-state index in [4.69, 9.17) is 37.1 Å². The number of carbonyl (C=O) groups is 2. The largest absolute Gasteiger partial charge is 0.492 e. The molecule has 13 atom stereocenters. The molecule has 2 fully saturated rings. The third kappa shape index (κ3) is 7.93. The van der Waals surface area contributed by atoms with Crippen molar-refractivity contribution in [3.63, 3.8) is 0 Å². The fourth-order valence-corrected chi connectivity index (χ4v) is 5.78. The van der Waals surface area contributed by atoms with Crippen LogP contribution >= 0.6 is 0 Å². The van der Waals surface area contributed by atoms with E-state index in [1.54, 1.807) is 13.1 Å². The molecule has 1 saturated heterocycles. The Morgan fingerprint density at radius 2 is 1.88 bits per heavy atom. The molecule has 0 aromatic heterocycles. The zero-order valence-corrected chi connectivity index (χ0v) is 23.8. The van der Waals surface area contributed by atoms with Gasteiger partial charge in [0, 0.05) is 31.1 Å². The van der Waals surface area contributed by atoms with E-state index in [1.165, 1.54) is 6.92 Å². The minimum absolute atomic E-state index is 0.0695. The van der Waals surface area contributed by atoms with Gasteiger partial charge in [0.1, 0.15) is 41.9 Å². The lowest BCUT2D eigenvalue weighted by Crippen LogP contribution is -2.69. The smallest absolute Gasteiger partial charge is 0.250 e. The summed E-state index contributed by atoms with van der Waals surface area (Å²) in [4.78, 5) is 23.7. The van der Waals surface area contributed by atoms with E-state index >= 15 is 0 Å². The summed E-state index contributed by atoms with van der Waals surface area (Å²) in [6.45, 7) is 0.987. The molecule has 3 rings (SSSR count). The van der Waals surface area contributed by atoms with Crippen molar-refractivity contribution in [2.75, 3.05) is 33.3 Å². The number of ether oxygens (including phenoxy) is 3. The topological polar surface area (TPSA) is 303 Å². The molecule has 1 saturated carbocycles. The maximum absolute atomic E-state index is 12.6. The Morgan fingerprint density at radius 1 is 1.19 bits per heavy atom. The number of nitrogens with one attached hydrogen (secondary N) is 3. The molecule has 1 aliphatic carbocycles. The molecule has 0 spiro atoms. The Kier molecular flexibility index (Phi) is 12.0. The Balaban J connectivity index is 1.81. The van der Waals surface area contributed by atoms with Gasteiger partial charge in [-0.25, -0.2) is 0 Å². The third-order valence-corrected chi connectivity index (χ3v) is 8.11. The summed E-state index contributed by atoms with van der Waals surface area (Å²) in [7, 11) is 1.56. The molecule has 42 heavy (non-hydrogen) atoms. The summed E-state index contributed by atoms with van der Waals surface area (Å²) >= 11 is 0. The molecule has 3 aliphatic rings. The van der Waals surface area contributed by atoms with E-state index in [-0.39, 0.29) is 32.7 Å². The highest BCUT2D eigenvalue weighted by Gasteiger charge is 2.53. The standard InChI is InChI=1S/C25H47N7O10/c1-25(39)9-40-24(18(36)21(25)30-2)42-20-13(32-23(38)14(33)6-26)5-12(28)16(17(20)35)19-11(27)4-3-10(41-19)7-31-8-15(34)22(29)37/h3,11-21,24,30-31,33-36,39H,4-9,26-28H2,1-2H3,(H2,29,37)(H,32,38)/t11-,12+,13-,14+,15?,16-,17+,18-,19?,20+,21-,24-,25+/m1/s1. The molecule has 0 radical (unpaired) electrons. The van der Waals surface area contributed by atoms with Gasteiger partial charge in [-0.3, -0.25) is 9.59 Å². The molecule has 0 aromatic carbocycles. The highest BCUT2D eigenvalue weighted by atomic mass is 16.7. The Bertz CT molecular complexity index is 959. The number of primary amides is 1. The molecule has 16 N–H and O–H groups in total. The lowest BCUT2D eigenvalue weighted by molar-refractivity contribution is -0.297. The predicted octanol–water partition coefficient (Wildman–Crippen LogP) is -6.62. The zero-order valence-electron chi connectivity index (χ0n) is 23.8. The molecule has 2 amide bonds. The van der Waals surface area contributed by atoms with E-state index in [0.717, 1.165) is 0 Å². The Morgan fingerprint density at radius 3 is 2.50 bits per heavy atom. The van der Waals surface area contributed by atoms with Crippen molar-refractivity contribution < 1.29 is 49.3 Å². The van der Waals surface area contributed by atoms with Crippen LogP contribution in [-0.4, -0.2) is 143 Å². The first-order chi connectivity index (χ1) is 19.7. The van der Waals surface area contributed by atoms with Crippen LogP contribution in [0.5, 0.6) is 0 Å². The van der Waals surface area contributed by atoms with Gasteiger partial charge >= 0.3 is 0 Å². The van der Waals surface area contributed by atoms with Gasteiger partial charge in [-0.2, -0.15) is 0 Å². The van der Waals surface area contributed by atoms with Crippen LogP contribution in [0.15, 0.2) is 11.8 Å². The van der Waals surface area contributed by atoms with Crippen molar-refractivity contribution in [3.05, 3.63) is 11.8 Å². The van der Waals surface area contributed by atoms with Gasteiger partial charge in [-0.05, 0) is 32.9 Å². The second-order valence-electron chi connectivity index (χ2n) is 11.4.